The van der Waals surface area contributed by atoms with Crippen LogP contribution in [0.4, 0.5) is 11.6 Å². The number of nitrogens with one attached hydrogen (secondary N) is 2. The first-order chi connectivity index (χ1) is 9.19. The van der Waals surface area contributed by atoms with Crippen LogP contribution in [0.5, 0.6) is 5.75 Å². The van der Waals surface area contributed by atoms with Crippen LogP contribution in [0.15, 0.2) is 24.3 Å². The molecule has 1 aromatic heterocycles. The molecule has 1 aromatic carbocycles. The third-order valence-electron chi connectivity index (χ3n) is 3.35. The predicted molar refractivity (Wildman–Crippen MR) is 71.1 cm³/mol. The van der Waals surface area contributed by atoms with Crippen molar-refractivity contribution in [3.63, 3.8) is 0 Å². The molecule has 2 aromatic rings. The van der Waals surface area contributed by atoms with Crippen molar-refractivity contribution in [1.29, 1.82) is 0 Å². The normalized spacial score (nSPS) is 17.7. The molecule has 0 radical (unpaired) electrons. The van der Waals surface area contributed by atoms with Gasteiger partial charge in [0.15, 0.2) is 5.82 Å². The lowest BCUT2D eigenvalue weighted by Crippen LogP contribution is -2.23. The van der Waals surface area contributed by atoms with Gasteiger partial charge in [-0.15, -0.1) is 0 Å². The number of ether oxygens (including phenoxy) is 1. The number of hydrogen-bond acceptors (Lipinski definition) is 4. The Morgan fingerprint density at radius 2 is 2.11 bits per heavy atom. The molecule has 2 heterocycles. The Kier molecular flexibility index (Phi) is 2.63. The lowest BCUT2D eigenvalue weighted by Gasteiger charge is -2.22. The summed E-state index contributed by atoms with van der Waals surface area (Å²) in [5.41, 5.74) is 7.77. The average Bonchev–Trinajstić information content (AvgIpc) is 2.79. The van der Waals surface area contributed by atoms with Gasteiger partial charge in [0, 0.05) is 17.9 Å². The number of aromatic amines is 1. The fourth-order valence-electron chi connectivity index (χ4n) is 2.40. The molecule has 4 N–H and O–H groups in total. The molecule has 0 saturated carbocycles. The maximum Gasteiger partial charge on any atom is 0.226 e. The van der Waals surface area contributed by atoms with Gasteiger partial charge in [-0.05, 0) is 17.7 Å². The minimum atomic E-state index is -0.0755. The van der Waals surface area contributed by atoms with E-state index in [0.29, 0.717) is 18.1 Å². The summed E-state index contributed by atoms with van der Waals surface area (Å²) < 4.78 is 5.13. The zero-order valence-electron chi connectivity index (χ0n) is 10.4. The summed E-state index contributed by atoms with van der Waals surface area (Å²) in [6, 6.07) is 7.63. The first-order valence-corrected chi connectivity index (χ1v) is 5.96. The molecule has 0 aliphatic carbocycles. The van der Waals surface area contributed by atoms with Crippen molar-refractivity contribution in [2.24, 2.45) is 0 Å². The molecule has 0 unspecified atom stereocenters. The number of carbonyl (C=O) groups excluding carboxylic acids is 1. The van der Waals surface area contributed by atoms with E-state index in [1.165, 1.54) is 0 Å². The molecule has 1 aliphatic rings. The first-order valence-electron chi connectivity index (χ1n) is 5.96. The fraction of sp³-hybridized carbons (Fsp3) is 0.231. The van der Waals surface area contributed by atoms with E-state index in [2.05, 4.69) is 15.5 Å². The molecule has 6 heteroatoms. The van der Waals surface area contributed by atoms with Gasteiger partial charge in [0.05, 0.1) is 7.11 Å². The van der Waals surface area contributed by atoms with Crippen LogP contribution in [-0.2, 0) is 4.79 Å². The Morgan fingerprint density at radius 1 is 1.37 bits per heavy atom. The second-order valence-corrected chi connectivity index (χ2v) is 4.48. The number of anilines is 2. The third kappa shape index (κ3) is 1.91. The van der Waals surface area contributed by atoms with Gasteiger partial charge in [-0.25, -0.2) is 0 Å². The van der Waals surface area contributed by atoms with E-state index in [4.69, 9.17) is 10.5 Å². The quantitative estimate of drug-likeness (QED) is 0.760. The van der Waals surface area contributed by atoms with Gasteiger partial charge in [0.1, 0.15) is 11.6 Å². The number of H-pyrrole nitrogens is 1. The van der Waals surface area contributed by atoms with Crippen LogP contribution < -0.4 is 15.8 Å². The third-order valence-corrected chi connectivity index (χ3v) is 3.35. The van der Waals surface area contributed by atoms with Crippen molar-refractivity contribution >= 4 is 17.5 Å². The predicted octanol–water partition coefficient (Wildman–Crippen LogP) is 1.47. The Bertz CT molecular complexity index is 618. The Morgan fingerprint density at radius 3 is 2.79 bits per heavy atom. The lowest BCUT2D eigenvalue weighted by molar-refractivity contribution is -0.116. The maximum absolute atomic E-state index is 11.7. The van der Waals surface area contributed by atoms with Gasteiger partial charge < -0.3 is 15.8 Å². The van der Waals surface area contributed by atoms with E-state index in [-0.39, 0.29) is 11.8 Å². The van der Waals surface area contributed by atoms with Gasteiger partial charge in [0.2, 0.25) is 5.91 Å². The molecule has 19 heavy (non-hydrogen) atoms. The summed E-state index contributed by atoms with van der Waals surface area (Å²) in [7, 11) is 1.62. The van der Waals surface area contributed by atoms with Gasteiger partial charge >= 0.3 is 0 Å². The summed E-state index contributed by atoms with van der Waals surface area (Å²) >= 11 is 0. The van der Waals surface area contributed by atoms with Crippen molar-refractivity contribution in [2.45, 2.75) is 12.3 Å². The topological polar surface area (TPSA) is 93.0 Å². The van der Waals surface area contributed by atoms with E-state index in [0.717, 1.165) is 16.9 Å². The van der Waals surface area contributed by atoms with Crippen LogP contribution in [0.3, 0.4) is 0 Å². The largest absolute Gasteiger partial charge is 0.497 e. The second-order valence-electron chi connectivity index (χ2n) is 4.48. The highest BCUT2D eigenvalue weighted by Crippen LogP contribution is 2.39. The first kappa shape index (κ1) is 11.6. The van der Waals surface area contributed by atoms with Crippen molar-refractivity contribution in [3.8, 4) is 5.75 Å². The minimum absolute atomic E-state index is 0.0557. The number of amides is 1. The van der Waals surface area contributed by atoms with E-state index >= 15 is 0 Å². The molecule has 98 valence electrons. The number of aromatic nitrogens is 2. The van der Waals surface area contributed by atoms with Gasteiger partial charge in [-0.1, -0.05) is 12.1 Å². The summed E-state index contributed by atoms with van der Waals surface area (Å²) in [5.74, 6) is 1.67. The number of rotatable bonds is 2. The van der Waals surface area contributed by atoms with Crippen LogP contribution in [0.25, 0.3) is 0 Å². The van der Waals surface area contributed by atoms with Gasteiger partial charge in [-0.3, -0.25) is 9.89 Å². The zero-order chi connectivity index (χ0) is 13.4. The van der Waals surface area contributed by atoms with Crippen molar-refractivity contribution < 1.29 is 9.53 Å². The molecule has 1 amide bonds. The molecular formula is C13H14N4O2. The minimum Gasteiger partial charge on any atom is -0.497 e. The maximum atomic E-state index is 11.7. The number of nitrogens with two attached hydrogens (primary N) is 1. The van der Waals surface area contributed by atoms with E-state index in [1.54, 1.807) is 7.11 Å². The Hall–Kier alpha value is -2.50. The van der Waals surface area contributed by atoms with Crippen LogP contribution in [0.2, 0.25) is 0 Å². The molecule has 0 saturated heterocycles. The molecule has 1 atom stereocenters. The second kappa shape index (κ2) is 4.31. The highest BCUT2D eigenvalue weighted by molar-refractivity contribution is 5.95. The standard InChI is InChI=1S/C13H14N4O2/c1-19-8-4-2-7(3-5-8)9-6-10(18)15-13-11(9)12(14)16-17-13/h2-5,9H,6H2,1H3,(H4,14,15,16,17,18)/t9-/m1/s1. The molecular weight excluding hydrogens is 244 g/mol. The van der Waals surface area contributed by atoms with Crippen molar-refractivity contribution in [3.05, 3.63) is 35.4 Å². The molecule has 6 nitrogen and oxygen atoms in total. The van der Waals surface area contributed by atoms with Gasteiger partial charge in [-0.2, -0.15) is 5.10 Å². The molecule has 1 aliphatic heterocycles. The number of methoxy groups -OCH3 is 1. The summed E-state index contributed by atoms with van der Waals surface area (Å²) in [6.45, 7) is 0. The molecule has 0 fully saturated rings. The van der Waals surface area contributed by atoms with Crippen molar-refractivity contribution in [2.75, 3.05) is 18.2 Å². The summed E-state index contributed by atoms with van der Waals surface area (Å²) in [6.07, 6.45) is 0.364. The van der Waals surface area contributed by atoms with Crippen LogP contribution in [0.1, 0.15) is 23.5 Å². The van der Waals surface area contributed by atoms with Crippen molar-refractivity contribution in [1.82, 2.24) is 10.2 Å². The fourth-order valence-corrected chi connectivity index (χ4v) is 2.40. The number of nitrogens with zero attached hydrogens (tertiary/aromatic N) is 1. The summed E-state index contributed by atoms with van der Waals surface area (Å²) in [4.78, 5) is 11.7. The van der Waals surface area contributed by atoms with Crippen LogP contribution in [-0.4, -0.2) is 23.2 Å². The molecule has 3 rings (SSSR count). The number of hydrogen-bond donors (Lipinski definition) is 3. The Labute approximate surface area is 110 Å². The smallest absolute Gasteiger partial charge is 0.226 e. The Balaban J connectivity index is 2.04. The zero-order valence-corrected chi connectivity index (χ0v) is 10.4. The number of fused-ring (bicyclic) bond motifs is 1. The SMILES string of the molecule is COc1ccc([C@H]2CC(=O)Nc3n[nH]c(N)c32)cc1. The van der Waals surface area contributed by atoms with E-state index in [1.807, 2.05) is 24.3 Å². The van der Waals surface area contributed by atoms with E-state index < -0.39 is 0 Å². The molecule has 0 spiro atoms. The van der Waals surface area contributed by atoms with Crippen LogP contribution in [0, 0.1) is 0 Å². The number of benzene rings is 1. The van der Waals surface area contributed by atoms with Crippen LogP contribution >= 0.6 is 0 Å². The molecule has 0 bridgehead atoms. The highest BCUT2D eigenvalue weighted by atomic mass is 16.5. The van der Waals surface area contributed by atoms with E-state index in [9.17, 15) is 4.79 Å². The average molecular weight is 258 g/mol. The lowest BCUT2D eigenvalue weighted by atomic mass is 9.87. The highest BCUT2D eigenvalue weighted by Gasteiger charge is 2.30. The summed E-state index contributed by atoms with van der Waals surface area (Å²) in [5, 5.41) is 9.44. The number of carbonyl (C=O) groups is 1. The monoisotopic (exact) mass is 258 g/mol. The number of nitrogen functional groups attached to an aromatic ring is 1. The van der Waals surface area contributed by atoms with Gasteiger partial charge in [0.25, 0.3) is 0 Å².